The van der Waals surface area contributed by atoms with Gasteiger partial charge in [0.1, 0.15) is 0 Å². The molecule has 2 aromatic carbocycles. The number of hydrogen-bond donors (Lipinski definition) is 0. The lowest BCUT2D eigenvalue weighted by Crippen LogP contribution is -2.02. The summed E-state index contributed by atoms with van der Waals surface area (Å²) in [5.74, 6) is 0.584. The van der Waals surface area contributed by atoms with Crippen molar-refractivity contribution in [1.82, 2.24) is 20.2 Å². The third-order valence-electron chi connectivity index (χ3n) is 2.98. The molecule has 1 aromatic heterocycles. The van der Waals surface area contributed by atoms with Crippen molar-refractivity contribution in [3.63, 3.8) is 0 Å². The van der Waals surface area contributed by atoms with Crippen molar-refractivity contribution in [3.8, 4) is 17.1 Å². The van der Waals surface area contributed by atoms with Gasteiger partial charge in [-0.3, -0.25) is 0 Å². The minimum absolute atomic E-state index is 0.584. The van der Waals surface area contributed by atoms with Crippen LogP contribution in [-0.4, -0.2) is 20.2 Å². The third kappa shape index (κ3) is 2.28. The number of nitrogens with zero attached hydrogens (tertiary/aromatic N) is 4. The smallest absolute Gasteiger partial charge is 0.188 e. The van der Waals surface area contributed by atoms with Crippen molar-refractivity contribution >= 4 is 23.2 Å². The van der Waals surface area contributed by atoms with Crippen LogP contribution in [0.3, 0.4) is 0 Å². The van der Waals surface area contributed by atoms with Gasteiger partial charge in [0.25, 0.3) is 0 Å². The SMILES string of the molecule is Cc1ccc(Cl)cc1-n1nnnc1-c1ccccc1Cl. The zero-order valence-corrected chi connectivity index (χ0v) is 12.1. The van der Waals surface area contributed by atoms with Crippen LogP contribution in [0.1, 0.15) is 5.56 Å². The van der Waals surface area contributed by atoms with Gasteiger partial charge in [0.05, 0.1) is 10.7 Å². The molecule has 20 heavy (non-hydrogen) atoms. The second kappa shape index (κ2) is 5.23. The van der Waals surface area contributed by atoms with Crippen LogP contribution >= 0.6 is 23.2 Å². The Kier molecular flexibility index (Phi) is 3.42. The van der Waals surface area contributed by atoms with E-state index in [1.807, 2.05) is 43.3 Å². The zero-order valence-electron chi connectivity index (χ0n) is 10.6. The Bertz CT molecular complexity index is 767. The van der Waals surface area contributed by atoms with Crippen LogP contribution in [0.2, 0.25) is 10.0 Å². The van der Waals surface area contributed by atoms with Crippen LogP contribution in [-0.2, 0) is 0 Å². The molecule has 0 amide bonds. The van der Waals surface area contributed by atoms with Crippen LogP contribution in [0.5, 0.6) is 0 Å². The van der Waals surface area contributed by atoms with Crippen molar-refractivity contribution in [3.05, 3.63) is 58.1 Å². The molecule has 0 unspecified atom stereocenters. The quantitative estimate of drug-likeness (QED) is 0.720. The Hall–Kier alpha value is -1.91. The number of hydrogen-bond acceptors (Lipinski definition) is 3. The Morgan fingerprint density at radius 3 is 2.65 bits per heavy atom. The molecular weight excluding hydrogens is 295 g/mol. The molecule has 3 rings (SSSR count). The molecule has 0 aliphatic heterocycles. The maximum Gasteiger partial charge on any atom is 0.188 e. The summed E-state index contributed by atoms with van der Waals surface area (Å²) >= 11 is 12.3. The Morgan fingerprint density at radius 2 is 1.85 bits per heavy atom. The van der Waals surface area contributed by atoms with E-state index in [2.05, 4.69) is 15.5 Å². The van der Waals surface area contributed by atoms with Gasteiger partial charge in [-0.1, -0.05) is 41.4 Å². The highest BCUT2D eigenvalue weighted by Gasteiger charge is 2.15. The zero-order chi connectivity index (χ0) is 14.1. The molecule has 0 saturated carbocycles. The molecule has 0 aliphatic rings. The molecule has 100 valence electrons. The molecule has 0 bridgehead atoms. The molecule has 0 aliphatic carbocycles. The van der Waals surface area contributed by atoms with Crippen molar-refractivity contribution in [1.29, 1.82) is 0 Å². The summed E-state index contributed by atoms with van der Waals surface area (Å²) in [6.07, 6.45) is 0. The largest absolute Gasteiger partial charge is 0.192 e. The van der Waals surface area contributed by atoms with E-state index >= 15 is 0 Å². The first kappa shape index (κ1) is 13.1. The van der Waals surface area contributed by atoms with Crippen LogP contribution in [0.4, 0.5) is 0 Å². The van der Waals surface area contributed by atoms with Gasteiger partial charge in [0.2, 0.25) is 0 Å². The minimum Gasteiger partial charge on any atom is -0.192 e. The Balaban J connectivity index is 2.21. The van der Waals surface area contributed by atoms with Crippen molar-refractivity contribution in [2.45, 2.75) is 6.92 Å². The van der Waals surface area contributed by atoms with Gasteiger partial charge in [-0.15, -0.1) is 5.10 Å². The van der Waals surface area contributed by atoms with Gasteiger partial charge in [-0.25, -0.2) is 0 Å². The monoisotopic (exact) mass is 304 g/mol. The lowest BCUT2D eigenvalue weighted by Gasteiger charge is -2.09. The van der Waals surface area contributed by atoms with E-state index in [1.165, 1.54) is 0 Å². The summed E-state index contributed by atoms with van der Waals surface area (Å²) in [6, 6.07) is 13.0. The fourth-order valence-electron chi connectivity index (χ4n) is 1.97. The second-order valence-electron chi connectivity index (χ2n) is 4.32. The van der Waals surface area contributed by atoms with E-state index in [4.69, 9.17) is 23.2 Å². The van der Waals surface area contributed by atoms with Crippen LogP contribution < -0.4 is 0 Å². The normalized spacial score (nSPS) is 10.8. The minimum atomic E-state index is 0.584. The van der Waals surface area contributed by atoms with Crippen molar-refractivity contribution < 1.29 is 0 Å². The van der Waals surface area contributed by atoms with Gasteiger partial charge < -0.3 is 0 Å². The van der Waals surface area contributed by atoms with E-state index in [-0.39, 0.29) is 0 Å². The molecular formula is C14H10Cl2N4. The van der Waals surface area contributed by atoms with E-state index in [1.54, 1.807) is 10.7 Å². The van der Waals surface area contributed by atoms with Crippen LogP contribution in [0, 0.1) is 6.92 Å². The van der Waals surface area contributed by atoms with Gasteiger partial charge in [-0.05, 0) is 47.2 Å². The topological polar surface area (TPSA) is 43.6 Å². The molecule has 4 nitrogen and oxygen atoms in total. The molecule has 0 N–H and O–H groups in total. The highest BCUT2D eigenvalue weighted by Crippen LogP contribution is 2.28. The average Bonchev–Trinajstić information content (AvgIpc) is 2.91. The number of rotatable bonds is 2. The summed E-state index contributed by atoms with van der Waals surface area (Å²) < 4.78 is 1.64. The van der Waals surface area contributed by atoms with Crippen LogP contribution in [0.15, 0.2) is 42.5 Å². The summed E-state index contributed by atoms with van der Waals surface area (Å²) in [7, 11) is 0. The highest BCUT2D eigenvalue weighted by molar-refractivity contribution is 6.33. The molecule has 0 atom stereocenters. The van der Waals surface area contributed by atoms with E-state index in [0.717, 1.165) is 16.8 Å². The van der Waals surface area contributed by atoms with Gasteiger partial charge >= 0.3 is 0 Å². The lowest BCUT2D eigenvalue weighted by atomic mass is 10.1. The average molecular weight is 305 g/mol. The first-order chi connectivity index (χ1) is 9.66. The van der Waals surface area contributed by atoms with Crippen molar-refractivity contribution in [2.75, 3.05) is 0 Å². The van der Waals surface area contributed by atoms with Gasteiger partial charge in [0.15, 0.2) is 5.82 Å². The predicted molar refractivity (Wildman–Crippen MR) is 79.3 cm³/mol. The number of aryl methyl sites for hydroxylation is 1. The first-order valence-electron chi connectivity index (χ1n) is 5.96. The fraction of sp³-hybridized carbons (Fsp3) is 0.0714. The molecule has 3 aromatic rings. The molecule has 1 heterocycles. The fourth-order valence-corrected chi connectivity index (χ4v) is 2.36. The number of aromatic nitrogens is 4. The number of halogens is 2. The number of tetrazole rings is 1. The lowest BCUT2D eigenvalue weighted by molar-refractivity contribution is 0.787. The summed E-state index contributed by atoms with van der Waals surface area (Å²) in [6.45, 7) is 1.98. The maximum absolute atomic E-state index is 6.21. The second-order valence-corrected chi connectivity index (χ2v) is 5.17. The summed E-state index contributed by atoms with van der Waals surface area (Å²) in [4.78, 5) is 0. The Labute approximate surface area is 126 Å². The standard InChI is InChI=1S/C14H10Cl2N4/c1-9-6-7-10(15)8-13(9)20-14(17-18-19-20)11-4-2-3-5-12(11)16/h2-8H,1H3. The van der Waals surface area contributed by atoms with Crippen molar-refractivity contribution in [2.24, 2.45) is 0 Å². The summed E-state index contributed by atoms with van der Waals surface area (Å²) in [5.41, 5.74) is 2.63. The Morgan fingerprint density at radius 1 is 1.05 bits per heavy atom. The van der Waals surface area contributed by atoms with Gasteiger partial charge in [-0.2, -0.15) is 4.68 Å². The number of benzene rings is 2. The highest BCUT2D eigenvalue weighted by atomic mass is 35.5. The van der Waals surface area contributed by atoms with E-state index in [9.17, 15) is 0 Å². The molecule has 0 saturated heterocycles. The van der Waals surface area contributed by atoms with Gasteiger partial charge in [0, 0.05) is 10.6 Å². The molecule has 6 heteroatoms. The first-order valence-corrected chi connectivity index (χ1v) is 6.72. The van der Waals surface area contributed by atoms with E-state index in [0.29, 0.717) is 15.9 Å². The molecule has 0 radical (unpaired) electrons. The predicted octanol–water partition coefficient (Wildman–Crippen LogP) is 3.94. The summed E-state index contributed by atoms with van der Waals surface area (Å²) in [5, 5.41) is 13.1. The third-order valence-corrected chi connectivity index (χ3v) is 3.55. The van der Waals surface area contributed by atoms with E-state index < -0.39 is 0 Å². The van der Waals surface area contributed by atoms with Crippen LogP contribution in [0.25, 0.3) is 17.1 Å². The maximum atomic E-state index is 6.21. The molecule has 0 spiro atoms. The molecule has 0 fully saturated rings.